The van der Waals surface area contributed by atoms with Gasteiger partial charge in [-0.25, -0.2) is 0 Å². The number of ether oxygens (including phenoxy) is 1. The average Bonchev–Trinajstić information content (AvgIpc) is 2.75. The Morgan fingerprint density at radius 1 is 1.50 bits per heavy atom. The Morgan fingerprint density at radius 2 is 2.30 bits per heavy atom. The van der Waals surface area contributed by atoms with Gasteiger partial charge in [0.25, 0.3) is 0 Å². The van der Waals surface area contributed by atoms with Crippen LogP contribution in [0.2, 0.25) is 0 Å². The van der Waals surface area contributed by atoms with Crippen LogP contribution >= 0.6 is 15.9 Å². The molecule has 1 aromatic heterocycles. The summed E-state index contributed by atoms with van der Waals surface area (Å²) in [6.45, 7) is 7.12. The smallest absolute Gasteiger partial charge is 0.0766 e. The van der Waals surface area contributed by atoms with Crippen LogP contribution in [-0.4, -0.2) is 35.6 Å². The highest BCUT2D eigenvalue weighted by molar-refractivity contribution is 9.10. The third kappa shape index (κ3) is 3.62. The fourth-order valence-electron chi connectivity index (χ4n) is 3.00. The molecule has 0 spiro atoms. The predicted molar refractivity (Wildman–Crippen MR) is 85.0 cm³/mol. The molecule has 0 bridgehead atoms. The van der Waals surface area contributed by atoms with Gasteiger partial charge < -0.3 is 10.1 Å². The number of nitrogens with one attached hydrogen (secondary N) is 1. The molecule has 114 valence electrons. The summed E-state index contributed by atoms with van der Waals surface area (Å²) in [5.74, 6) is 0.607. The maximum absolute atomic E-state index is 5.66. The summed E-state index contributed by atoms with van der Waals surface area (Å²) >= 11 is 3.72. The van der Waals surface area contributed by atoms with E-state index in [1.54, 1.807) is 0 Å². The first-order valence-electron chi connectivity index (χ1n) is 7.68. The summed E-state index contributed by atoms with van der Waals surface area (Å²) in [4.78, 5) is 0. The number of hydrogen-bond donors (Lipinski definition) is 1. The van der Waals surface area contributed by atoms with Crippen molar-refractivity contribution in [1.82, 2.24) is 15.1 Å². The van der Waals surface area contributed by atoms with Gasteiger partial charge in [-0.2, -0.15) is 5.10 Å². The minimum atomic E-state index is 0.469. The maximum Gasteiger partial charge on any atom is 0.0766 e. The Labute approximate surface area is 130 Å². The standard InChI is InChI=1S/C15H26BrN3O/c1-4-12-15(16)14(19(3)18-12)9-13(17-5-2)11-7-6-8-20-10-11/h11,13,17H,4-10H2,1-3H3. The van der Waals surface area contributed by atoms with Crippen molar-refractivity contribution in [2.45, 2.75) is 45.6 Å². The van der Waals surface area contributed by atoms with Crippen molar-refractivity contribution in [3.8, 4) is 0 Å². The van der Waals surface area contributed by atoms with Crippen LogP contribution in [0.5, 0.6) is 0 Å². The molecule has 2 rings (SSSR count). The second kappa shape index (κ2) is 7.57. The van der Waals surface area contributed by atoms with Gasteiger partial charge in [0.1, 0.15) is 0 Å². The van der Waals surface area contributed by atoms with E-state index in [9.17, 15) is 0 Å². The lowest BCUT2D eigenvalue weighted by Crippen LogP contribution is -2.42. The van der Waals surface area contributed by atoms with Crippen LogP contribution in [0.4, 0.5) is 0 Å². The van der Waals surface area contributed by atoms with Crippen molar-refractivity contribution in [3.05, 3.63) is 15.9 Å². The molecule has 1 N–H and O–H groups in total. The van der Waals surface area contributed by atoms with Gasteiger partial charge in [-0.1, -0.05) is 13.8 Å². The number of nitrogens with zero attached hydrogens (tertiary/aromatic N) is 2. The fraction of sp³-hybridized carbons (Fsp3) is 0.800. The molecular weight excluding hydrogens is 318 g/mol. The highest BCUT2D eigenvalue weighted by Gasteiger charge is 2.26. The highest BCUT2D eigenvalue weighted by Crippen LogP contribution is 2.26. The van der Waals surface area contributed by atoms with Crippen LogP contribution in [0.1, 0.15) is 38.1 Å². The minimum absolute atomic E-state index is 0.469. The molecule has 5 heteroatoms. The molecule has 2 heterocycles. The molecule has 1 fully saturated rings. The molecule has 4 nitrogen and oxygen atoms in total. The summed E-state index contributed by atoms with van der Waals surface area (Å²) < 4.78 is 8.87. The highest BCUT2D eigenvalue weighted by atomic mass is 79.9. The molecule has 0 amide bonds. The Bertz CT molecular complexity index is 427. The first-order valence-corrected chi connectivity index (χ1v) is 8.48. The average molecular weight is 344 g/mol. The number of likely N-dealkylation sites (N-methyl/N-ethyl adjacent to an activating group) is 1. The van der Waals surface area contributed by atoms with Gasteiger partial charge >= 0.3 is 0 Å². The van der Waals surface area contributed by atoms with Gasteiger partial charge in [-0.3, -0.25) is 4.68 Å². The fourth-order valence-corrected chi connectivity index (χ4v) is 3.78. The van der Waals surface area contributed by atoms with Gasteiger partial charge in [0.2, 0.25) is 0 Å². The number of aromatic nitrogens is 2. The number of rotatable bonds is 6. The molecule has 1 aliphatic heterocycles. The minimum Gasteiger partial charge on any atom is -0.381 e. The molecular formula is C15H26BrN3O. The molecule has 20 heavy (non-hydrogen) atoms. The SMILES string of the molecule is CCNC(Cc1c(Br)c(CC)nn1C)C1CCCOC1. The molecule has 2 atom stereocenters. The summed E-state index contributed by atoms with van der Waals surface area (Å²) in [7, 11) is 2.04. The van der Waals surface area contributed by atoms with Crippen LogP contribution in [0.15, 0.2) is 4.47 Å². The van der Waals surface area contributed by atoms with Crippen molar-refractivity contribution in [3.63, 3.8) is 0 Å². The molecule has 1 aliphatic rings. The van der Waals surface area contributed by atoms with Crippen LogP contribution in [0.25, 0.3) is 0 Å². The lowest BCUT2D eigenvalue weighted by Gasteiger charge is -2.31. The number of aryl methyl sites for hydroxylation is 2. The van der Waals surface area contributed by atoms with Gasteiger partial charge in [0, 0.05) is 26.1 Å². The third-order valence-electron chi connectivity index (χ3n) is 4.15. The van der Waals surface area contributed by atoms with Crippen LogP contribution < -0.4 is 5.32 Å². The van der Waals surface area contributed by atoms with E-state index in [-0.39, 0.29) is 0 Å². The van der Waals surface area contributed by atoms with Gasteiger partial charge in [0.15, 0.2) is 0 Å². The topological polar surface area (TPSA) is 39.1 Å². The summed E-state index contributed by atoms with van der Waals surface area (Å²) in [5, 5.41) is 8.24. The van der Waals surface area contributed by atoms with E-state index in [0.717, 1.165) is 38.3 Å². The normalized spacial score (nSPS) is 21.1. The third-order valence-corrected chi connectivity index (χ3v) is 5.06. The molecule has 0 aromatic carbocycles. The molecule has 1 saturated heterocycles. The Morgan fingerprint density at radius 3 is 2.85 bits per heavy atom. The lowest BCUT2D eigenvalue weighted by atomic mass is 9.90. The van der Waals surface area contributed by atoms with Gasteiger partial charge in [0.05, 0.1) is 22.5 Å². The van der Waals surface area contributed by atoms with Gasteiger partial charge in [-0.05, 0) is 47.7 Å². The van der Waals surface area contributed by atoms with E-state index in [1.165, 1.54) is 23.0 Å². The molecule has 0 aliphatic carbocycles. The second-order valence-electron chi connectivity index (χ2n) is 5.53. The maximum atomic E-state index is 5.66. The Balaban J connectivity index is 2.12. The Kier molecular flexibility index (Phi) is 6.05. The predicted octanol–water partition coefficient (Wildman–Crippen LogP) is 2.69. The van der Waals surface area contributed by atoms with Crippen LogP contribution in [0, 0.1) is 5.92 Å². The van der Waals surface area contributed by atoms with E-state index >= 15 is 0 Å². The summed E-state index contributed by atoms with van der Waals surface area (Å²) in [6, 6.07) is 0.469. The zero-order valence-electron chi connectivity index (χ0n) is 12.8. The second-order valence-corrected chi connectivity index (χ2v) is 6.32. The molecule has 1 aromatic rings. The van der Waals surface area contributed by atoms with E-state index in [1.807, 2.05) is 11.7 Å². The van der Waals surface area contributed by atoms with E-state index in [2.05, 4.69) is 40.2 Å². The lowest BCUT2D eigenvalue weighted by molar-refractivity contribution is 0.0393. The summed E-state index contributed by atoms with van der Waals surface area (Å²) in [6.07, 6.45) is 4.41. The van der Waals surface area contributed by atoms with Crippen molar-refractivity contribution in [1.29, 1.82) is 0 Å². The Hall–Kier alpha value is -0.390. The van der Waals surface area contributed by atoms with Crippen LogP contribution in [-0.2, 0) is 24.6 Å². The first-order chi connectivity index (χ1) is 9.67. The molecule has 0 radical (unpaired) electrons. The quantitative estimate of drug-likeness (QED) is 0.862. The van der Waals surface area contributed by atoms with Crippen molar-refractivity contribution in [2.75, 3.05) is 19.8 Å². The molecule has 0 saturated carbocycles. The zero-order valence-corrected chi connectivity index (χ0v) is 14.4. The zero-order chi connectivity index (χ0) is 14.5. The van der Waals surface area contributed by atoms with E-state index < -0.39 is 0 Å². The van der Waals surface area contributed by atoms with E-state index in [0.29, 0.717) is 12.0 Å². The largest absolute Gasteiger partial charge is 0.381 e. The van der Waals surface area contributed by atoms with E-state index in [4.69, 9.17) is 4.74 Å². The van der Waals surface area contributed by atoms with Gasteiger partial charge in [-0.15, -0.1) is 0 Å². The van der Waals surface area contributed by atoms with Crippen molar-refractivity contribution in [2.24, 2.45) is 13.0 Å². The number of hydrogen-bond acceptors (Lipinski definition) is 3. The first kappa shape index (κ1) is 16.0. The van der Waals surface area contributed by atoms with Crippen molar-refractivity contribution < 1.29 is 4.74 Å². The summed E-state index contributed by atoms with van der Waals surface area (Å²) in [5.41, 5.74) is 2.44. The van der Waals surface area contributed by atoms with Crippen molar-refractivity contribution >= 4 is 15.9 Å². The molecule has 2 unspecified atom stereocenters. The number of halogens is 1. The monoisotopic (exact) mass is 343 g/mol. The van der Waals surface area contributed by atoms with Crippen LogP contribution in [0.3, 0.4) is 0 Å².